The first-order valence-electron chi connectivity index (χ1n) is 10.2. The highest BCUT2D eigenvalue weighted by molar-refractivity contribution is 5.95. The van der Waals surface area contributed by atoms with Gasteiger partial charge in [-0.25, -0.2) is 18.6 Å². The van der Waals surface area contributed by atoms with Gasteiger partial charge >= 0.3 is 5.97 Å². The van der Waals surface area contributed by atoms with Crippen LogP contribution in [-0.2, 0) is 4.74 Å². The van der Waals surface area contributed by atoms with Crippen LogP contribution in [-0.4, -0.2) is 46.2 Å². The maximum Gasteiger partial charge on any atom is 0.339 e. The average molecular weight is 443 g/mol. The zero-order chi connectivity index (χ0) is 23.0. The molecule has 4 rings (SSSR count). The van der Waals surface area contributed by atoms with Crippen LogP contribution in [0.25, 0.3) is 22.4 Å². The van der Waals surface area contributed by atoms with Gasteiger partial charge in [0, 0.05) is 35.6 Å². The van der Waals surface area contributed by atoms with Gasteiger partial charge in [-0.3, -0.25) is 4.68 Å². The first-order valence-corrected chi connectivity index (χ1v) is 10.2. The van der Waals surface area contributed by atoms with Crippen molar-refractivity contribution >= 4 is 5.97 Å². The molecule has 2 aromatic heterocycles. The van der Waals surface area contributed by atoms with Gasteiger partial charge in [-0.05, 0) is 50.5 Å². The van der Waals surface area contributed by atoms with E-state index in [9.17, 15) is 9.90 Å². The smallest absolute Gasteiger partial charge is 0.339 e. The Labute approximate surface area is 183 Å². The van der Waals surface area contributed by atoms with Crippen molar-refractivity contribution in [3.05, 3.63) is 52.9 Å². The third-order valence-corrected chi connectivity index (χ3v) is 5.65. The molecule has 3 aromatic rings. The molecule has 1 aliphatic heterocycles. The minimum Gasteiger partial charge on any atom is -0.481 e. The summed E-state index contributed by atoms with van der Waals surface area (Å²) >= 11 is 0. The Morgan fingerprint density at radius 3 is 2.47 bits per heavy atom. The summed E-state index contributed by atoms with van der Waals surface area (Å²) < 4.78 is 42.9. The van der Waals surface area contributed by atoms with Gasteiger partial charge in [0.1, 0.15) is 17.2 Å². The molecule has 1 N–H and O–H groups in total. The number of benzene rings is 1. The van der Waals surface area contributed by atoms with Crippen LogP contribution in [0.15, 0.2) is 24.4 Å². The van der Waals surface area contributed by atoms with Gasteiger partial charge in [-0.1, -0.05) is 0 Å². The lowest BCUT2D eigenvalue weighted by atomic mass is 9.97. The fraction of sp³-hybridized carbons (Fsp3) is 0.348. The van der Waals surface area contributed by atoms with E-state index in [0.717, 1.165) is 12.1 Å². The highest BCUT2D eigenvalue weighted by Crippen LogP contribution is 2.39. The van der Waals surface area contributed by atoms with Gasteiger partial charge in [-0.15, -0.1) is 0 Å². The number of aryl methyl sites for hydroxylation is 2. The van der Waals surface area contributed by atoms with Crippen molar-refractivity contribution < 1.29 is 28.2 Å². The number of pyridine rings is 1. The molecule has 3 heterocycles. The number of hydrogen-bond donors (Lipinski definition) is 1. The summed E-state index contributed by atoms with van der Waals surface area (Å²) in [5.74, 6) is -2.56. The maximum atomic E-state index is 15.4. The Kier molecular flexibility index (Phi) is 5.92. The third-order valence-electron chi connectivity index (χ3n) is 5.65. The van der Waals surface area contributed by atoms with Crippen LogP contribution in [0.4, 0.5) is 8.78 Å². The van der Waals surface area contributed by atoms with E-state index in [1.165, 1.54) is 18.0 Å². The molecule has 0 radical (unpaired) electrons. The number of methoxy groups -OCH3 is 1. The van der Waals surface area contributed by atoms with E-state index in [4.69, 9.17) is 9.47 Å². The first kappa shape index (κ1) is 21.9. The van der Waals surface area contributed by atoms with Gasteiger partial charge in [0.2, 0.25) is 5.88 Å². The van der Waals surface area contributed by atoms with Crippen molar-refractivity contribution in [3.8, 4) is 28.3 Å². The van der Waals surface area contributed by atoms with Crippen molar-refractivity contribution in [1.82, 2.24) is 14.8 Å². The van der Waals surface area contributed by atoms with Crippen LogP contribution in [0.2, 0.25) is 0 Å². The van der Waals surface area contributed by atoms with Crippen molar-refractivity contribution in [2.24, 2.45) is 0 Å². The predicted octanol–water partition coefficient (Wildman–Crippen LogP) is 4.57. The second-order valence-corrected chi connectivity index (χ2v) is 7.78. The molecule has 0 aliphatic carbocycles. The summed E-state index contributed by atoms with van der Waals surface area (Å²) in [5, 5.41) is 13.8. The number of aromatic carboxylic acids is 1. The molecule has 1 aromatic carbocycles. The Balaban J connectivity index is 1.89. The average Bonchev–Trinajstić information content (AvgIpc) is 3.20. The number of rotatable bonds is 5. The summed E-state index contributed by atoms with van der Waals surface area (Å²) in [6, 6.07) is 3.66. The van der Waals surface area contributed by atoms with Crippen LogP contribution in [0.3, 0.4) is 0 Å². The summed E-state index contributed by atoms with van der Waals surface area (Å²) in [4.78, 5) is 16.1. The molecule has 168 valence electrons. The van der Waals surface area contributed by atoms with Crippen LogP contribution in [0.5, 0.6) is 5.88 Å². The molecule has 1 saturated heterocycles. The summed E-state index contributed by atoms with van der Waals surface area (Å²) in [6.45, 7) is 4.52. The topological polar surface area (TPSA) is 86.5 Å². The van der Waals surface area contributed by atoms with Crippen molar-refractivity contribution in [3.63, 3.8) is 0 Å². The van der Waals surface area contributed by atoms with Crippen LogP contribution < -0.4 is 4.74 Å². The van der Waals surface area contributed by atoms with Crippen LogP contribution in [0.1, 0.15) is 40.5 Å². The molecular formula is C23H23F2N3O4. The number of hydrogen-bond acceptors (Lipinski definition) is 5. The number of carbonyl (C=O) groups is 1. The molecule has 32 heavy (non-hydrogen) atoms. The fourth-order valence-corrected chi connectivity index (χ4v) is 4.19. The Morgan fingerprint density at radius 2 is 1.81 bits per heavy atom. The number of halogens is 2. The van der Waals surface area contributed by atoms with Gasteiger partial charge in [0.25, 0.3) is 0 Å². The van der Waals surface area contributed by atoms with E-state index in [1.807, 2.05) is 0 Å². The lowest BCUT2D eigenvalue weighted by Gasteiger charge is -2.24. The lowest BCUT2D eigenvalue weighted by Crippen LogP contribution is -2.21. The molecule has 0 saturated carbocycles. The molecule has 0 unspecified atom stereocenters. The second kappa shape index (κ2) is 8.66. The highest BCUT2D eigenvalue weighted by Gasteiger charge is 2.28. The SMILES string of the molecule is COc1nc(C)cc(C)c1-c1cc(F)c(-c2c(C(=O)O)cnn2C2CCOCC2)cc1F. The number of ether oxygens (including phenoxy) is 2. The molecule has 9 heteroatoms. The van der Waals surface area contributed by atoms with E-state index in [1.54, 1.807) is 19.9 Å². The lowest BCUT2D eigenvalue weighted by molar-refractivity contribution is 0.0665. The van der Waals surface area contributed by atoms with E-state index >= 15 is 8.78 Å². The quantitative estimate of drug-likeness (QED) is 0.622. The molecule has 1 aliphatic rings. The minimum atomic E-state index is -1.26. The molecule has 1 fully saturated rings. The number of carboxylic acids is 1. The van der Waals surface area contributed by atoms with E-state index < -0.39 is 17.6 Å². The predicted molar refractivity (Wildman–Crippen MR) is 113 cm³/mol. The first-order chi connectivity index (χ1) is 15.3. The monoisotopic (exact) mass is 443 g/mol. The zero-order valence-electron chi connectivity index (χ0n) is 18.0. The summed E-state index contributed by atoms with van der Waals surface area (Å²) in [6.07, 6.45) is 2.37. The Bertz CT molecular complexity index is 1190. The number of nitrogens with zero attached hydrogens (tertiary/aromatic N) is 3. The van der Waals surface area contributed by atoms with Crippen LogP contribution in [0, 0.1) is 25.5 Å². The van der Waals surface area contributed by atoms with Crippen LogP contribution >= 0.6 is 0 Å². The maximum absolute atomic E-state index is 15.4. The van der Waals surface area contributed by atoms with Gasteiger partial charge in [-0.2, -0.15) is 5.10 Å². The normalized spacial score (nSPS) is 14.5. The van der Waals surface area contributed by atoms with E-state index in [0.29, 0.717) is 42.9 Å². The Morgan fingerprint density at radius 1 is 1.16 bits per heavy atom. The summed E-state index contributed by atoms with van der Waals surface area (Å²) in [5.41, 5.74) is 1.39. The zero-order valence-corrected chi connectivity index (χ0v) is 18.0. The minimum absolute atomic E-state index is 0.0119. The molecule has 0 amide bonds. The van der Waals surface area contributed by atoms with Crippen molar-refractivity contribution in [2.75, 3.05) is 20.3 Å². The Hall–Kier alpha value is -3.33. The largest absolute Gasteiger partial charge is 0.481 e. The third kappa shape index (κ3) is 3.84. The molecule has 0 bridgehead atoms. The second-order valence-electron chi connectivity index (χ2n) is 7.78. The van der Waals surface area contributed by atoms with E-state index in [2.05, 4.69) is 10.1 Å². The van der Waals surface area contributed by atoms with E-state index in [-0.39, 0.29) is 34.3 Å². The van der Waals surface area contributed by atoms with Gasteiger partial charge in [0.05, 0.1) is 25.0 Å². The molecule has 0 atom stereocenters. The molecular weight excluding hydrogens is 420 g/mol. The molecule has 7 nitrogen and oxygen atoms in total. The van der Waals surface area contributed by atoms with Crippen molar-refractivity contribution in [1.29, 1.82) is 0 Å². The standard InChI is InChI=1S/C23H23F2N3O4/c1-12-8-13(2)27-22(31-3)20(12)15-9-19(25)16(10-18(15)24)21-17(23(29)30)11-26-28(21)14-4-6-32-7-5-14/h8-11,14H,4-7H2,1-3H3,(H,29,30). The highest BCUT2D eigenvalue weighted by atomic mass is 19.1. The van der Waals surface area contributed by atoms with Gasteiger partial charge < -0.3 is 14.6 Å². The fourth-order valence-electron chi connectivity index (χ4n) is 4.19. The molecule has 0 spiro atoms. The van der Waals surface area contributed by atoms with Gasteiger partial charge in [0.15, 0.2) is 0 Å². The number of carboxylic acid groups (broad SMARTS) is 1. The van der Waals surface area contributed by atoms with Crippen molar-refractivity contribution in [2.45, 2.75) is 32.7 Å². The summed E-state index contributed by atoms with van der Waals surface area (Å²) in [7, 11) is 1.42. The number of aromatic nitrogens is 3.